The van der Waals surface area contributed by atoms with E-state index < -0.39 is 0 Å². The maximum Gasteiger partial charge on any atom is 0.321 e. The number of rotatable bonds is 4. The molecule has 24 heavy (non-hydrogen) atoms. The number of aromatic amines is 1. The number of amides is 2. The number of H-pyrrole nitrogens is 1. The van der Waals surface area contributed by atoms with E-state index >= 15 is 0 Å². The van der Waals surface area contributed by atoms with Crippen LogP contribution in [-0.2, 0) is 9.53 Å². The van der Waals surface area contributed by atoms with Crippen LogP contribution in [0, 0.1) is 5.92 Å². The van der Waals surface area contributed by atoms with Crippen LogP contribution in [0.3, 0.4) is 0 Å². The molecular formula is C17H20N4O3. The van der Waals surface area contributed by atoms with Gasteiger partial charge in [0.15, 0.2) is 0 Å². The molecule has 0 unspecified atom stereocenters. The van der Waals surface area contributed by atoms with E-state index in [1.807, 2.05) is 30.3 Å². The Labute approximate surface area is 140 Å². The van der Waals surface area contributed by atoms with Gasteiger partial charge in [-0.3, -0.25) is 9.89 Å². The van der Waals surface area contributed by atoms with E-state index in [4.69, 9.17) is 0 Å². The molecule has 7 nitrogen and oxygen atoms in total. The van der Waals surface area contributed by atoms with Crippen molar-refractivity contribution in [1.29, 1.82) is 0 Å². The molecule has 1 aliphatic heterocycles. The highest BCUT2D eigenvalue weighted by atomic mass is 16.5. The molecule has 2 aromatic rings. The summed E-state index contributed by atoms with van der Waals surface area (Å²) in [6.45, 7) is 1.23. The summed E-state index contributed by atoms with van der Waals surface area (Å²) in [6.07, 6.45) is 2.88. The molecule has 1 atom stereocenters. The second-order valence-electron chi connectivity index (χ2n) is 5.86. The molecule has 1 aromatic heterocycles. The van der Waals surface area contributed by atoms with Crippen LogP contribution < -0.4 is 5.32 Å². The molecule has 0 radical (unpaired) electrons. The number of benzene rings is 1. The first-order valence-corrected chi connectivity index (χ1v) is 7.88. The Balaban J connectivity index is 1.54. The summed E-state index contributed by atoms with van der Waals surface area (Å²) >= 11 is 0. The number of anilines is 1. The van der Waals surface area contributed by atoms with E-state index in [-0.39, 0.29) is 17.9 Å². The van der Waals surface area contributed by atoms with E-state index in [2.05, 4.69) is 20.3 Å². The average Bonchev–Trinajstić information content (AvgIpc) is 3.27. The van der Waals surface area contributed by atoms with Gasteiger partial charge >= 0.3 is 12.0 Å². The van der Waals surface area contributed by atoms with Crippen molar-refractivity contribution in [3.63, 3.8) is 0 Å². The second kappa shape index (κ2) is 7.16. The van der Waals surface area contributed by atoms with Gasteiger partial charge in [0.25, 0.3) is 0 Å². The van der Waals surface area contributed by atoms with Gasteiger partial charge in [-0.2, -0.15) is 5.10 Å². The third kappa shape index (κ3) is 3.73. The zero-order valence-corrected chi connectivity index (χ0v) is 13.5. The summed E-state index contributed by atoms with van der Waals surface area (Å²) in [6, 6.07) is 9.31. The number of urea groups is 1. The first kappa shape index (κ1) is 16.0. The normalized spacial score (nSPS) is 16.9. The Morgan fingerprint density at radius 3 is 2.79 bits per heavy atom. The maximum atomic E-state index is 12.3. The van der Waals surface area contributed by atoms with Gasteiger partial charge in [-0.25, -0.2) is 4.79 Å². The minimum atomic E-state index is -0.225. The number of likely N-dealkylation sites (tertiary alicyclic amines) is 1. The molecule has 1 aliphatic rings. The van der Waals surface area contributed by atoms with Crippen molar-refractivity contribution < 1.29 is 14.3 Å². The number of esters is 1. The molecule has 1 aromatic carbocycles. The van der Waals surface area contributed by atoms with Crippen LogP contribution in [0.4, 0.5) is 10.5 Å². The van der Waals surface area contributed by atoms with E-state index in [0.717, 1.165) is 23.4 Å². The lowest BCUT2D eigenvalue weighted by Crippen LogP contribution is -2.33. The van der Waals surface area contributed by atoms with Gasteiger partial charge in [0.2, 0.25) is 0 Å². The van der Waals surface area contributed by atoms with Crippen LogP contribution in [0.1, 0.15) is 12.8 Å². The van der Waals surface area contributed by atoms with Crippen LogP contribution in [0.2, 0.25) is 0 Å². The first-order chi connectivity index (χ1) is 11.7. The number of methoxy groups -OCH3 is 1. The van der Waals surface area contributed by atoms with Gasteiger partial charge in [-0.15, -0.1) is 0 Å². The Morgan fingerprint density at radius 1 is 1.33 bits per heavy atom. The highest BCUT2D eigenvalue weighted by molar-refractivity contribution is 5.89. The van der Waals surface area contributed by atoms with Crippen molar-refractivity contribution in [2.24, 2.45) is 5.92 Å². The zero-order chi connectivity index (χ0) is 16.9. The lowest BCUT2D eigenvalue weighted by Gasteiger charge is -2.17. The fourth-order valence-electron chi connectivity index (χ4n) is 2.86. The minimum absolute atomic E-state index is 0.142. The third-order valence-corrected chi connectivity index (χ3v) is 4.20. The van der Waals surface area contributed by atoms with Crippen LogP contribution in [-0.4, -0.2) is 47.3 Å². The molecule has 2 amide bonds. The standard InChI is InChI=1S/C17H20N4O3/c1-24-16(22)10-12-7-9-21(11-12)17(23)19-14-4-2-13(3-5-14)15-6-8-18-20-15/h2-6,8,12H,7,9-11H2,1H3,(H,18,20)(H,19,23)/t12-/m0/s1. The van der Waals surface area contributed by atoms with Crippen LogP contribution in [0.15, 0.2) is 36.5 Å². The van der Waals surface area contributed by atoms with E-state index in [9.17, 15) is 9.59 Å². The van der Waals surface area contributed by atoms with Gasteiger partial charge in [0, 0.05) is 25.0 Å². The largest absolute Gasteiger partial charge is 0.469 e. The molecule has 7 heteroatoms. The summed E-state index contributed by atoms with van der Waals surface area (Å²) in [5.74, 6) is -0.0531. The number of hydrogen-bond donors (Lipinski definition) is 2. The van der Waals surface area contributed by atoms with Crippen molar-refractivity contribution in [2.45, 2.75) is 12.8 Å². The number of nitrogens with zero attached hydrogens (tertiary/aromatic N) is 2. The summed E-state index contributed by atoms with van der Waals surface area (Å²) in [5, 5.41) is 9.71. The number of carbonyl (C=O) groups is 2. The SMILES string of the molecule is COC(=O)C[C@@H]1CCN(C(=O)Nc2ccc(-c3ccn[nH]3)cc2)C1. The van der Waals surface area contributed by atoms with Crippen LogP contribution in [0.5, 0.6) is 0 Å². The summed E-state index contributed by atoms with van der Waals surface area (Å²) in [7, 11) is 1.38. The summed E-state index contributed by atoms with van der Waals surface area (Å²) in [4.78, 5) is 25.4. The number of hydrogen-bond acceptors (Lipinski definition) is 4. The predicted molar refractivity (Wildman–Crippen MR) is 89.4 cm³/mol. The Morgan fingerprint density at radius 2 is 2.12 bits per heavy atom. The highest BCUT2D eigenvalue weighted by Gasteiger charge is 2.28. The molecule has 0 saturated carbocycles. The van der Waals surface area contributed by atoms with Crippen molar-refractivity contribution in [3.05, 3.63) is 36.5 Å². The molecule has 3 rings (SSSR count). The summed E-state index contributed by atoms with van der Waals surface area (Å²) in [5.41, 5.74) is 2.67. The maximum absolute atomic E-state index is 12.3. The zero-order valence-electron chi connectivity index (χ0n) is 13.5. The summed E-state index contributed by atoms with van der Waals surface area (Å²) < 4.78 is 4.68. The van der Waals surface area contributed by atoms with Gasteiger partial charge in [0.05, 0.1) is 19.2 Å². The van der Waals surface area contributed by atoms with Gasteiger partial charge in [0.1, 0.15) is 0 Å². The average molecular weight is 328 g/mol. The van der Waals surface area contributed by atoms with Crippen molar-refractivity contribution in [1.82, 2.24) is 15.1 Å². The lowest BCUT2D eigenvalue weighted by molar-refractivity contribution is -0.141. The smallest absolute Gasteiger partial charge is 0.321 e. The number of carbonyl (C=O) groups excluding carboxylic acids is 2. The van der Waals surface area contributed by atoms with Gasteiger partial charge < -0.3 is 15.0 Å². The Kier molecular flexibility index (Phi) is 4.79. The first-order valence-electron chi connectivity index (χ1n) is 7.88. The minimum Gasteiger partial charge on any atom is -0.469 e. The molecule has 2 N–H and O–H groups in total. The van der Waals surface area contributed by atoms with E-state index in [1.54, 1.807) is 11.1 Å². The van der Waals surface area contributed by atoms with Crippen molar-refractivity contribution in [2.75, 3.05) is 25.5 Å². The fourth-order valence-corrected chi connectivity index (χ4v) is 2.86. The Hall–Kier alpha value is -2.83. The van der Waals surface area contributed by atoms with Gasteiger partial charge in [-0.05, 0) is 36.1 Å². The number of ether oxygens (including phenoxy) is 1. The fraction of sp³-hybridized carbons (Fsp3) is 0.353. The number of nitrogens with one attached hydrogen (secondary N) is 2. The van der Waals surface area contributed by atoms with E-state index in [1.165, 1.54) is 7.11 Å². The van der Waals surface area contributed by atoms with Crippen LogP contribution in [0.25, 0.3) is 11.3 Å². The molecule has 1 fully saturated rings. The topological polar surface area (TPSA) is 87.3 Å². The van der Waals surface area contributed by atoms with Crippen molar-refractivity contribution in [3.8, 4) is 11.3 Å². The third-order valence-electron chi connectivity index (χ3n) is 4.20. The lowest BCUT2D eigenvalue weighted by atomic mass is 10.1. The number of aromatic nitrogens is 2. The quantitative estimate of drug-likeness (QED) is 0.844. The van der Waals surface area contributed by atoms with Crippen LogP contribution >= 0.6 is 0 Å². The molecular weight excluding hydrogens is 308 g/mol. The van der Waals surface area contributed by atoms with E-state index in [0.29, 0.717) is 19.5 Å². The molecule has 0 spiro atoms. The molecule has 1 saturated heterocycles. The Bertz CT molecular complexity index is 697. The molecule has 2 heterocycles. The van der Waals surface area contributed by atoms with Gasteiger partial charge in [-0.1, -0.05) is 12.1 Å². The van der Waals surface area contributed by atoms with Crippen molar-refractivity contribution >= 4 is 17.7 Å². The second-order valence-corrected chi connectivity index (χ2v) is 5.86. The molecule has 0 aliphatic carbocycles. The molecule has 126 valence electrons. The highest BCUT2D eigenvalue weighted by Crippen LogP contribution is 2.22. The molecule has 0 bridgehead atoms. The monoisotopic (exact) mass is 328 g/mol. The predicted octanol–water partition coefficient (Wildman–Crippen LogP) is 2.49.